The molecule has 0 N–H and O–H groups in total. The molecule has 2 nitrogen and oxygen atoms in total. The zero-order valence-corrected chi connectivity index (χ0v) is 14.6. The molecular formula is C20H28O2. The van der Waals surface area contributed by atoms with Crippen molar-refractivity contribution in [1.29, 1.82) is 0 Å². The van der Waals surface area contributed by atoms with Crippen LogP contribution in [0.3, 0.4) is 0 Å². The lowest BCUT2D eigenvalue weighted by atomic mass is 9.50. The second kappa shape index (κ2) is 5.11. The second-order valence-corrected chi connectivity index (χ2v) is 8.11. The summed E-state index contributed by atoms with van der Waals surface area (Å²) in [7, 11) is 1.69. The Hall–Kier alpha value is -1.31. The normalized spacial score (nSPS) is 29.4. The van der Waals surface area contributed by atoms with Gasteiger partial charge < -0.3 is 4.74 Å². The van der Waals surface area contributed by atoms with Crippen LogP contribution in [0.2, 0.25) is 0 Å². The van der Waals surface area contributed by atoms with Crippen LogP contribution in [0.1, 0.15) is 74.9 Å². The van der Waals surface area contributed by atoms with Crippen molar-refractivity contribution < 1.29 is 9.53 Å². The Morgan fingerprint density at radius 2 is 1.95 bits per heavy atom. The van der Waals surface area contributed by atoms with Gasteiger partial charge in [0.1, 0.15) is 5.75 Å². The van der Waals surface area contributed by atoms with Crippen LogP contribution >= 0.6 is 0 Å². The number of methoxy groups -OCH3 is 1. The average Bonchev–Trinajstić information content (AvgIpc) is 2.45. The van der Waals surface area contributed by atoms with E-state index in [4.69, 9.17) is 4.74 Å². The van der Waals surface area contributed by atoms with E-state index in [2.05, 4.69) is 26.8 Å². The van der Waals surface area contributed by atoms with Gasteiger partial charge in [0.15, 0.2) is 5.78 Å². The number of ether oxygens (including phenoxy) is 1. The van der Waals surface area contributed by atoms with E-state index in [0.29, 0.717) is 11.3 Å². The summed E-state index contributed by atoms with van der Waals surface area (Å²) in [5.74, 6) is 1.68. The Morgan fingerprint density at radius 1 is 1.23 bits per heavy atom. The molecule has 2 aliphatic rings. The van der Waals surface area contributed by atoms with Crippen molar-refractivity contribution in [3.05, 3.63) is 28.8 Å². The van der Waals surface area contributed by atoms with Gasteiger partial charge in [-0.1, -0.05) is 27.2 Å². The largest absolute Gasteiger partial charge is 0.497 e. The van der Waals surface area contributed by atoms with Crippen LogP contribution in [0.4, 0.5) is 0 Å². The van der Waals surface area contributed by atoms with Crippen LogP contribution in [-0.2, 0) is 11.8 Å². The van der Waals surface area contributed by atoms with Crippen LogP contribution in [0.5, 0.6) is 5.75 Å². The number of benzene rings is 1. The maximum absolute atomic E-state index is 12.1. The molecule has 0 saturated heterocycles. The molecular weight excluding hydrogens is 272 g/mol. The zero-order chi connectivity index (χ0) is 16.1. The molecule has 0 radical (unpaired) electrons. The lowest BCUT2D eigenvalue weighted by Gasteiger charge is -2.54. The standard InChI is InChI=1S/C20H28O2/c1-13(21)16-11-14(22-5)12-17-15(16)7-8-18-19(2,3)9-6-10-20(17,18)4/h11-12,18H,6-10H2,1-5H3/t18-,20+/m1/s1. The number of rotatable bonds is 2. The Kier molecular flexibility index (Phi) is 3.62. The molecule has 1 fully saturated rings. The average molecular weight is 300 g/mol. The van der Waals surface area contributed by atoms with E-state index in [-0.39, 0.29) is 11.2 Å². The molecule has 1 saturated carbocycles. The van der Waals surface area contributed by atoms with E-state index in [1.807, 2.05) is 6.07 Å². The Balaban J connectivity index is 2.21. The van der Waals surface area contributed by atoms with E-state index in [9.17, 15) is 4.79 Å². The third kappa shape index (κ3) is 2.19. The van der Waals surface area contributed by atoms with Crippen molar-refractivity contribution in [3.63, 3.8) is 0 Å². The van der Waals surface area contributed by atoms with Crippen molar-refractivity contribution in [2.24, 2.45) is 11.3 Å². The smallest absolute Gasteiger partial charge is 0.160 e. The molecule has 2 aliphatic carbocycles. The highest BCUT2D eigenvalue weighted by atomic mass is 16.5. The number of hydrogen-bond donors (Lipinski definition) is 0. The van der Waals surface area contributed by atoms with E-state index in [0.717, 1.165) is 17.7 Å². The van der Waals surface area contributed by atoms with Gasteiger partial charge in [-0.2, -0.15) is 0 Å². The van der Waals surface area contributed by atoms with Crippen molar-refractivity contribution in [2.45, 2.75) is 65.2 Å². The van der Waals surface area contributed by atoms with E-state index in [1.165, 1.54) is 36.8 Å². The van der Waals surface area contributed by atoms with E-state index < -0.39 is 0 Å². The predicted octanol–water partition coefficient (Wildman–Crippen LogP) is 4.93. The van der Waals surface area contributed by atoms with Gasteiger partial charge in [0.2, 0.25) is 0 Å². The predicted molar refractivity (Wildman–Crippen MR) is 89.8 cm³/mol. The molecule has 0 amide bonds. The van der Waals surface area contributed by atoms with Crippen molar-refractivity contribution in [1.82, 2.24) is 0 Å². The Bertz CT molecular complexity index is 614. The number of hydrogen-bond acceptors (Lipinski definition) is 2. The van der Waals surface area contributed by atoms with E-state index >= 15 is 0 Å². The quantitative estimate of drug-likeness (QED) is 0.724. The third-order valence-electron chi connectivity index (χ3n) is 6.37. The van der Waals surface area contributed by atoms with Gasteiger partial charge in [-0.3, -0.25) is 4.79 Å². The molecule has 1 aromatic carbocycles. The lowest BCUT2D eigenvalue weighted by molar-refractivity contribution is 0.0404. The number of Topliss-reactive ketones (excluding diaryl/α,β-unsaturated/α-hetero) is 1. The fourth-order valence-electron chi connectivity index (χ4n) is 5.30. The summed E-state index contributed by atoms with van der Waals surface area (Å²) in [5.41, 5.74) is 4.08. The van der Waals surface area contributed by atoms with Gasteiger partial charge in [0, 0.05) is 5.56 Å². The molecule has 0 spiro atoms. The van der Waals surface area contributed by atoms with Gasteiger partial charge in [-0.05, 0) is 72.6 Å². The van der Waals surface area contributed by atoms with Gasteiger partial charge in [0.05, 0.1) is 7.11 Å². The van der Waals surface area contributed by atoms with Crippen molar-refractivity contribution in [3.8, 4) is 5.75 Å². The monoisotopic (exact) mass is 300 g/mol. The van der Waals surface area contributed by atoms with Crippen LogP contribution < -0.4 is 4.74 Å². The van der Waals surface area contributed by atoms with Crippen molar-refractivity contribution >= 4 is 5.78 Å². The van der Waals surface area contributed by atoms with E-state index in [1.54, 1.807) is 14.0 Å². The van der Waals surface area contributed by atoms with Crippen LogP contribution in [-0.4, -0.2) is 12.9 Å². The highest BCUT2D eigenvalue weighted by Gasteiger charge is 2.50. The van der Waals surface area contributed by atoms with Gasteiger partial charge in [0.25, 0.3) is 0 Å². The molecule has 0 aliphatic heterocycles. The highest BCUT2D eigenvalue weighted by Crippen LogP contribution is 2.57. The SMILES string of the molecule is COc1cc(C(C)=O)c2c(c1)[C@]1(C)CCCC(C)(C)[C@H]1CC2. The molecule has 120 valence electrons. The maximum atomic E-state index is 12.1. The molecule has 2 atom stereocenters. The molecule has 0 bridgehead atoms. The minimum absolute atomic E-state index is 0.160. The lowest BCUT2D eigenvalue weighted by Crippen LogP contribution is -2.48. The summed E-state index contributed by atoms with van der Waals surface area (Å²) < 4.78 is 5.50. The highest BCUT2D eigenvalue weighted by molar-refractivity contribution is 5.96. The first-order chi connectivity index (χ1) is 10.3. The number of carbonyl (C=O) groups is 1. The zero-order valence-electron chi connectivity index (χ0n) is 14.6. The summed E-state index contributed by atoms with van der Waals surface area (Å²) >= 11 is 0. The molecule has 1 aromatic rings. The number of ketones is 1. The Labute approximate surface area is 134 Å². The van der Waals surface area contributed by atoms with Crippen molar-refractivity contribution in [2.75, 3.05) is 7.11 Å². The summed E-state index contributed by atoms with van der Waals surface area (Å²) in [5, 5.41) is 0. The molecule has 2 heteroatoms. The topological polar surface area (TPSA) is 26.3 Å². The molecule has 0 heterocycles. The molecule has 0 unspecified atom stereocenters. The van der Waals surface area contributed by atoms with Crippen LogP contribution in [0.25, 0.3) is 0 Å². The first-order valence-corrected chi connectivity index (χ1v) is 8.52. The van der Waals surface area contributed by atoms with Gasteiger partial charge >= 0.3 is 0 Å². The fourth-order valence-corrected chi connectivity index (χ4v) is 5.30. The minimum Gasteiger partial charge on any atom is -0.497 e. The number of fused-ring (bicyclic) bond motifs is 3. The van der Waals surface area contributed by atoms with Crippen LogP contribution in [0.15, 0.2) is 12.1 Å². The van der Waals surface area contributed by atoms with Crippen LogP contribution in [0, 0.1) is 11.3 Å². The third-order valence-corrected chi connectivity index (χ3v) is 6.37. The second-order valence-electron chi connectivity index (χ2n) is 8.11. The number of carbonyl (C=O) groups excluding carboxylic acids is 1. The summed E-state index contributed by atoms with van der Waals surface area (Å²) in [4.78, 5) is 12.1. The summed E-state index contributed by atoms with van der Waals surface area (Å²) in [6.07, 6.45) is 6.03. The van der Waals surface area contributed by atoms with Gasteiger partial charge in [-0.25, -0.2) is 0 Å². The fraction of sp³-hybridized carbons (Fsp3) is 0.650. The van der Waals surface area contributed by atoms with Gasteiger partial charge in [-0.15, -0.1) is 0 Å². The minimum atomic E-state index is 0.160. The maximum Gasteiger partial charge on any atom is 0.160 e. The first-order valence-electron chi connectivity index (χ1n) is 8.52. The molecule has 22 heavy (non-hydrogen) atoms. The molecule has 0 aromatic heterocycles. The Morgan fingerprint density at radius 3 is 2.59 bits per heavy atom. The summed E-state index contributed by atoms with van der Waals surface area (Å²) in [6, 6.07) is 4.13. The first kappa shape index (κ1) is 15.6. The molecule has 3 rings (SSSR count). The summed E-state index contributed by atoms with van der Waals surface area (Å²) in [6.45, 7) is 8.94.